The molecule has 0 saturated heterocycles. The summed E-state index contributed by atoms with van der Waals surface area (Å²) in [6, 6.07) is 0. The van der Waals surface area contributed by atoms with Crippen molar-refractivity contribution in [1.29, 1.82) is 0 Å². The summed E-state index contributed by atoms with van der Waals surface area (Å²) in [7, 11) is 1.91. The number of amides is 1. The molecule has 0 unspecified atom stereocenters. The van der Waals surface area contributed by atoms with Gasteiger partial charge in [0.05, 0.1) is 12.1 Å². The van der Waals surface area contributed by atoms with Crippen LogP contribution < -0.4 is 10.2 Å². The van der Waals surface area contributed by atoms with Gasteiger partial charge in [0.1, 0.15) is 0 Å². The van der Waals surface area contributed by atoms with Crippen molar-refractivity contribution in [1.82, 2.24) is 14.9 Å². The molecule has 0 spiro atoms. The third-order valence-electron chi connectivity index (χ3n) is 3.32. The second-order valence-electron chi connectivity index (χ2n) is 4.51. The number of anilines is 1. The maximum Gasteiger partial charge on any atom is 0.241 e. The summed E-state index contributed by atoms with van der Waals surface area (Å²) >= 11 is 0. The lowest BCUT2D eigenvalue weighted by atomic mass is 10.2. The van der Waals surface area contributed by atoms with Crippen molar-refractivity contribution < 1.29 is 9.59 Å². The molecule has 94 valence electrons. The quantitative estimate of drug-likeness (QED) is 0.702. The summed E-state index contributed by atoms with van der Waals surface area (Å²) < 4.78 is 1.94. The van der Waals surface area contributed by atoms with Gasteiger partial charge in [-0.25, -0.2) is 4.98 Å². The fourth-order valence-electron chi connectivity index (χ4n) is 2.37. The normalized spacial score (nSPS) is 19.3. The zero-order valence-corrected chi connectivity index (χ0v) is 10.1. The average molecular weight is 246 g/mol. The standard InChI is InChI=1S/C12H14N4O2/c1-15-10-2-4-13-7-9(10)14-12(15)16-5-3-8(17)6-11(16)18/h3,5,13H,2,4,6-7H2,1H3. The molecule has 0 aliphatic carbocycles. The highest BCUT2D eigenvalue weighted by Gasteiger charge is 2.26. The number of fused-ring (bicyclic) bond motifs is 1. The maximum absolute atomic E-state index is 11.9. The Hall–Kier alpha value is -1.95. The van der Waals surface area contributed by atoms with Crippen molar-refractivity contribution >= 4 is 17.6 Å². The molecule has 1 amide bonds. The molecule has 18 heavy (non-hydrogen) atoms. The van der Waals surface area contributed by atoms with E-state index in [1.165, 1.54) is 17.2 Å². The van der Waals surface area contributed by atoms with Crippen LogP contribution in [0.4, 0.5) is 5.95 Å². The molecule has 0 radical (unpaired) electrons. The summed E-state index contributed by atoms with van der Waals surface area (Å²) in [5.41, 5.74) is 2.14. The molecule has 3 heterocycles. The Morgan fingerprint density at radius 2 is 2.22 bits per heavy atom. The monoisotopic (exact) mass is 246 g/mol. The van der Waals surface area contributed by atoms with Gasteiger partial charge < -0.3 is 9.88 Å². The van der Waals surface area contributed by atoms with E-state index in [1.807, 2.05) is 11.6 Å². The molecular formula is C12H14N4O2. The van der Waals surface area contributed by atoms with Gasteiger partial charge in [-0.05, 0) is 6.08 Å². The van der Waals surface area contributed by atoms with Gasteiger partial charge in [0.2, 0.25) is 11.9 Å². The van der Waals surface area contributed by atoms with Crippen LogP contribution in [-0.4, -0.2) is 27.8 Å². The van der Waals surface area contributed by atoms with Crippen molar-refractivity contribution in [3.63, 3.8) is 0 Å². The molecule has 0 atom stereocenters. The number of imidazole rings is 1. The number of carbonyl (C=O) groups excluding carboxylic acids is 2. The number of ketones is 1. The molecular weight excluding hydrogens is 232 g/mol. The first kappa shape index (κ1) is 11.2. The first-order chi connectivity index (χ1) is 8.66. The Kier molecular flexibility index (Phi) is 2.52. The van der Waals surface area contributed by atoms with Gasteiger partial charge in [0.25, 0.3) is 0 Å². The molecule has 1 N–H and O–H groups in total. The van der Waals surface area contributed by atoms with Gasteiger partial charge in [-0.3, -0.25) is 14.5 Å². The lowest BCUT2D eigenvalue weighted by Crippen LogP contribution is -2.32. The Morgan fingerprint density at radius 3 is 2.94 bits per heavy atom. The summed E-state index contributed by atoms with van der Waals surface area (Å²) in [5.74, 6) is 0.218. The van der Waals surface area contributed by atoms with Gasteiger partial charge in [0, 0.05) is 38.5 Å². The van der Waals surface area contributed by atoms with E-state index < -0.39 is 0 Å². The second kappa shape index (κ2) is 4.06. The van der Waals surface area contributed by atoms with E-state index in [1.54, 1.807) is 0 Å². The van der Waals surface area contributed by atoms with Crippen LogP contribution in [-0.2, 0) is 29.6 Å². The Balaban J connectivity index is 2.02. The van der Waals surface area contributed by atoms with Crippen LogP contribution in [0.1, 0.15) is 17.8 Å². The van der Waals surface area contributed by atoms with Crippen LogP contribution in [0, 0.1) is 0 Å². The summed E-state index contributed by atoms with van der Waals surface area (Å²) in [6.45, 7) is 1.65. The number of aromatic nitrogens is 2. The van der Waals surface area contributed by atoms with E-state index in [0.29, 0.717) is 5.95 Å². The Labute approximate surface area is 104 Å². The first-order valence-corrected chi connectivity index (χ1v) is 5.95. The average Bonchev–Trinajstić information content (AvgIpc) is 2.68. The molecule has 0 aromatic carbocycles. The van der Waals surface area contributed by atoms with E-state index in [0.717, 1.165) is 30.9 Å². The zero-order chi connectivity index (χ0) is 12.7. The van der Waals surface area contributed by atoms with Gasteiger partial charge in [-0.15, -0.1) is 0 Å². The largest absolute Gasteiger partial charge is 0.317 e. The number of hydrogen-bond donors (Lipinski definition) is 1. The van der Waals surface area contributed by atoms with E-state index in [2.05, 4.69) is 10.3 Å². The molecule has 2 aliphatic rings. The van der Waals surface area contributed by atoms with E-state index in [4.69, 9.17) is 0 Å². The highest BCUT2D eigenvalue weighted by Crippen LogP contribution is 2.23. The minimum Gasteiger partial charge on any atom is -0.317 e. The van der Waals surface area contributed by atoms with Crippen LogP contribution in [0.2, 0.25) is 0 Å². The molecule has 6 heteroatoms. The van der Waals surface area contributed by atoms with Crippen LogP contribution >= 0.6 is 0 Å². The van der Waals surface area contributed by atoms with Gasteiger partial charge >= 0.3 is 0 Å². The van der Waals surface area contributed by atoms with Gasteiger partial charge in [0.15, 0.2) is 5.78 Å². The molecule has 0 bridgehead atoms. The third kappa shape index (κ3) is 1.65. The lowest BCUT2D eigenvalue weighted by molar-refractivity contribution is -0.124. The summed E-state index contributed by atoms with van der Waals surface area (Å²) in [4.78, 5) is 29.0. The van der Waals surface area contributed by atoms with Crippen LogP contribution in [0.5, 0.6) is 0 Å². The van der Waals surface area contributed by atoms with Crippen molar-refractivity contribution in [3.05, 3.63) is 23.7 Å². The minimum atomic E-state index is -0.221. The second-order valence-corrected chi connectivity index (χ2v) is 4.51. The van der Waals surface area contributed by atoms with E-state index in [9.17, 15) is 9.59 Å². The smallest absolute Gasteiger partial charge is 0.241 e. The zero-order valence-electron chi connectivity index (χ0n) is 10.1. The van der Waals surface area contributed by atoms with Crippen LogP contribution in [0.15, 0.2) is 12.3 Å². The fraction of sp³-hybridized carbons (Fsp3) is 0.417. The summed E-state index contributed by atoms with van der Waals surface area (Å²) in [6.07, 6.45) is 3.76. The molecule has 1 aromatic rings. The van der Waals surface area contributed by atoms with Gasteiger partial charge in [-0.1, -0.05) is 0 Å². The first-order valence-electron chi connectivity index (χ1n) is 5.95. The van der Waals surface area contributed by atoms with Crippen molar-refractivity contribution in [2.75, 3.05) is 11.4 Å². The molecule has 6 nitrogen and oxygen atoms in total. The highest BCUT2D eigenvalue weighted by molar-refractivity contribution is 6.12. The van der Waals surface area contributed by atoms with Crippen molar-refractivity contribution in [3.8, 4) is 0 Å². The molecule has 2 aliphatic heterocycles. The molecule has 3 rings (SSSR count). The SMILES string of the molecule is Cn1c(N2C=CC(=O)CC2=O)nc2c1CCNC2. The number of allylic oxidation sites excluding steroid dienone is 1. The van der Waals surface area contributed by atoms with Gasteiger partial charge in [-0.2, -0.15) is 0 Å². The van der Waals surface area contributed by atoms with Crippen LogP contribution in [0.3, 0.4) is 0 Å². The number of carbonyl (C=O) groups is 2. The predicted molar refractivity (Wildman–Crippen MR) is 64.9 cm³/mol. The number of nitrogens with one attached hydrogen (secondary N) is 1. The van der Waals surface area contributed by atoms with E-state index in [-0.39, 0.29) is 18.1 Å². The number of nitrogens with zero attached hydrogens (tertiary/aromatic N) is 3. The number of hydrogen-bond acceptors (Lipinski definition) is 4. The predicted octanol–water partition coefficient (Wildman–Crippen LogP) is -0.115. The van der Waals surface area contributed by atoms with Crippen molar-refractivity contribution in [2.24, 2.45) is 7.05 Å². The van der Waals surface area contributed by atoms with Crippen molar-refractivity contribution in [2.45, 2.75) is 19.4 Å². The van der Waals surface area contributed by atoms with Crippen LogP contribution in [0.25, 0.3) is 0 Å². The highest BCUT2D eigenvalue weighted by atomic mass is 16.2. The topological polar surface area (TPSA) is 67.2 Å². The lowest BCUT2D eigenvalue weighted by Gasteiger charge is -2.20. The molecule has 1 aromatic heterocycles. The minimum absolute atomic E-state index is 0.0771. The third-order valence-corrected chi connectivity index (χ3v) is 3.32. The Morgan fingerprint density at radius 1 is 1.39 bits per heavy atom. The maximum atomic E-state index is 11.9. The fourth-order valence-corrected chi connectivity index (χ4v) is 2.37. The summed E-state index contributed by atoms with van der Waals surface area (Å²) in [5, 5.41) is 3.25. The number of rotatable bonds is 1. The van der Waals surface area contributed by atoms with E-state index >= 15 is 0 Å². The molecule has 0 fully saturated rings. The molecule has 0 saturated carbocycles. The Bertz CT molecular complexity index is 559.